The van der Waals surface area contributed by atoms with Crippen LogP contribution in [0.4, 0.5) is 8.78 Å². The number of halogens is 2. The van der Waals surface area contributed by atoms with E-state index in [1.807, 2.05) is 30.3 Å². The average molecular weight is 543 g/mol. The predicted octanol–water partition coefficient (Wildman–Crippen LogP) is 4.84. The molecule has 4 heterocycles. The van der Waals surface area contributed by atoms with E-state index < -0.39 is 18.6 Å². The van der Waals surface area contributed by atoms with Crippen LogP contribution >= 0.6 is 11.3 Å². The van der Waals surface area contributed by atoms with E-state index in [-0.39, 0.29) is 18.6 Å². The number of thiazole rings is 1. The van der Waals surface area contributed by atoms with Crippen molar-refractivity contribution in [1.82, 2.24) is 20.2 Å². The van der Waals surface area contributed by atoms with E-state index in [1.54, 1.807) is 6.20 Å². The molecule has 0 bridgehead atoms. The van der Waals surface area contributed by atoms with E-state index in [9.17, 15) is 13.6 Å². The number of ether oxygens (including phenoxy) is 2. The van der Waals surface area contributed by atoms with Gasteiger partial charge in [-0.25, -0.2) is 4.98 Å². The van der Waals surface area contributed by atoms with E-state index in [0.717, 1.165) is 79.6 Å². The first kappa shape index (κ1) is 25.6. The number of hydrogen-bond acceptors (Lipinski definition) is 7. The second-order valence-electron chi connectivity index (χ2n) is 10.6. The first-order valence-corrected chi connectivity index (χ1v) is 14.2. The second kappa shape index (κ2) is 10.8. The van der Waals surface area contributed by atoms with Gasteiger partial charge in [0.1, 0.15) is 6.61 Å². The van der Waals surface area contributed by atoms with Crippen molar-refractivity contribution in [3.63, 3.8) is 0 Å². The van der Waals surface area contributed by atoms with Crippen LogP contribution in [0.2, 0.25) is 0 Å². The molecule has 1 aromatic carbocycles. The van der Waals surface area contributed by atoms with Crippen molar-refractivity contribution in [2.75, 3.05) is 26.3 Å². The Labute approximate surface area is 224 Å². The van der Waals surface area contributed by atoms with E-state index >= 15 is 0 Å². The zero-order valence-corrected chi connectivity index (χ0v) is 22.0. The molecule has 1 unspecified atom stereocenters. The number of benzene rings is 1. The highest BCUT2D eigenvalue weighted by molar-refractivity contribution is 7.13. The van der Waals surface area contributed by atoms with Gasteiger partial charge in [-0.05, 0) is 69.2 Å². The number of rotatable bonds is 7. The van der Waals surface area contributed by atoms with Crippen molar-refractivity contribution < 1.29 is 23.0 Å². The largest absolute Gasteiger partial charge is 0.458 e. The summed E-state index contributed by atoms with van der Waals surface area (Å²) in [5.41, 5.74) is 2.47. The Balaban J connectivity index is 0.955. The lowest BCUT2D eigenvalue weighted by molar-refractivity contribution is -0.0659. The maximum absolute atomic E-state index is 13.8. The topological polar surface area (TPSA) is 76.6 Å². The summed E-state index contributed by atoms with van der Waals surface area (Å²) in [5.74, 6) is -2.34. The summed E-state index contributed by atoms with van der Waals surface area (Å²) < 4.78 is 38.1. The molecule has 202 valence electrons. The molecule has 0 radical (unpaired) electrons. The quantitative estimate of drug-likeness (QED) is 0.461. The van der Waals surface area contributed by atoms with Crippen molar-refractivity contribution in [2.24, 2.45) is 5.92 Å². The Morgan fingerprint density at radius 2 is 2.08 bits per heavy atom. The summed E-state index contributed by atoms with van der Waals surface area (Å²) in [4.78, 5) is 25.4. The van der Waals surface area contributed by atoms with E-state index in [0.29, 0.717) is 16.7 Å². The summed E-state index contributed by atoms with van der Waals surface area (Å²) in [6, 6.07) is 9.68. The number of pyridine rings is 1. The summed E-state index contributed by atoms with van der Waals surface area (Å²) in [6.07, 6.45) is 6.67. The van der Waals surface area contributed by atoms with Gasteiger partial charge in [0.25, 0.3) is 11.1 Å². The van der Waals surface area contributed by atoms with Gasteiger partial charge in [0.15, 0.2) is 6.10 Å². The predicted molar refractivity (Wildman–Crippen MR) is 141 cm³/mol. The molecular weight excluding hydrogens is 510 g/mol. The molecule has 3 aliphatic rings. The summed E-state index contributed by atoms with van der Waals surface area (Å²) in [5, 5.41) is 4.46. The van der Waals surface area contributed by atoms with Crippen LogP contribution < -0.4 is 10.1 Å². The van der Waals surface area contributed by atoms with Crippen molar-refractivity contribution in [1.29, 1.82) is 0 Å². The molecule has 2 fully saturated rings. The normalized spacial score (nSPS) is 25.3. The van der Waals surface area contributed by atoms with Gasteiger partial charge in [0.2, 0.25) is 0 Å². The van der Waals surface area contributed by atoms with Gasteiger partial charge in [0, 0.05) is 41.2 Å². The molecule has 7 nitrogen and oxygen atoms in total. The molecule has 2 aromatic heterocycles. The molecule has 1 aliphatic carbocycles. The number of alkyl halides is 2. The van der Waals surface area contributed by atoms with Gasteiger partial charge in [-0.3, -0.25) is 14.7 Å². The minimum absolute atomic E-state index is 0.0213. The van der Waals surface area contributed by atoms with Crippen LogP contribution in [-0.4, -0.2) is 65.1 Å². The number of nitrogens with zero attached hydrogens (tertiary/aromatic N) is 3. The molecule has 1 saturated carbocycles. The molecular formula is C28H32F2N4O3S. The number of carbonyl (C=O) groups excluding carboxylic acids is 1. The number of aromatic nitrogens is 2. The highest BCUT2D eigenvalue weighted by Crippen LogP contribution is 2.35. The Hall–Kier alpha value is -2.69. The maximum atomic E-state index is 13.8. The van der Waals surface area contributed by atoms with Gasteiger partial charge < -0.3 is 14.8 Å². The zero-order valence-electron chi connectivity index (χ0n) is 21.2. The molecule has 10 heteroatoms. The summed E-state index contributed by atoms with van der Waals surface area (Å²) >= 11 is 1.39. The number of nitrogens with one attached hydrogen (secondary N) is 1. The number of fused-ring (bicyclic) bond motifs is 2. The van der Waals surface area contributed by atoms with E-state index in [1.165, 1.54) is 11.3 Å². The minimum atomic E-state index is -2.96. The van der Waals surface area contributed by atoms with Gasteiger partial charge in [-0.1, -0.05) is 23.5 Å². The van der Waals surface area contributed by atoms with E-state index in [4.69, 9.17) is 9.47 Å². The number of carbonyl (C=O) groups is 1. The molecule has 2 aliphatic heterocycles. The third kappa shape index (κ3) is 5.53. The van der Waals surface area contributed by atoms with Gasteiger partial charge in [-0.2, -0.15) is 8.78 Å². The van der Waals surface area contributed by atoms with Crippen LogP contribution in [0.15, 0.2) is 36.5 Å². The van der Waals surface area contributed by atoms with Crippen LogP contribution in [0, 0.1) is 5.92 Å². The molecule has 1 N–H and O–H groups in total. The smallest absolute Gasteiger partial charge is 0.309 e. The highest BCUT2D eigenvalue weighted by Gasteiger charge is 2.48. The Bertz CT molecular complexity index is 1290. The summed E-state index contributed by atoms with van der Waals surface area (Å²) in [6.45, 7) is 1.98. The summed E-state index contributed by atoms with van der Waals surface area (Å²) in [7, 11) is 0. The van der Waals surface area contributed by atoms with Crippen molar-refractivity contribution >= 4 is 28.1 Å². The molecule has 0 spiro atoms. The fourth-order valence-corrected chi connectivity index (χ4v) is 6.71. The Kier molecular flexibility index (Phi) is 7.29. The molecule has 1 saturated heterocycles. The van der Waals surface area contributed by atoms with Crippen LogP contribution in [0.5, 0.6) is 5.19 Å². The lowest BCUT2D eigenvalue weighted by Gasteiger charge is -2.32. The lowest BCUT2D eigenvalue weighted by atomic mass is 9.84. The number of amides is 1. The molecule has 1 atom stereocenters. The lowest BCUT2D eigenvalue weighted by Crippen LogP contribution is -2.38. The fourth-order valence-electron chi connectivity index (χ4n) is 5.75. The standard InChI is InChI=1S/C28H32F2N4O3S/c29-28(30)17-36-16-25(28)37-27-33-23-15-34(14-11-24(23)38-27)13-10-18-6-8-19(9-7-18)32-26(35)21-3-1-5-22-20(21)4-2-12-31-22/h1-5,12,18-19,25H,6-11,13-17H2,(H,32,35). The molecule has 1 amide bonds. The van der Waals surface area contributed by atoms with Crippen molar-refractivity contribution in [3.05, 3.63) is 52.7 Å². The van der Waals surface area contributed by atoms with Gasteiger partial charge >= 0.3 is 5.92 Å². The first-order valence-electron chi connectivity index (χ1n) is 13.4. The van der Waals surface area contributed by atoms with Crippen molar-refractivity contribution in [2.45, 2.75) is 63.1 Å². The number of hydrogen-bond donors (Lipinski definition) is 1. The van der Waals surface area contributed by atoms with E-state index in [2.05, 4.69) is 20.2 Å². The van der Waals surface area contributed by atoms with Crippen LogP contribution in [0.25, 0.3) is 10.9 Å². The van der Waals surface area contributed by atoms with Crippen molar-refractivity contribution in [3.8, 4) is 5.19 Å². The van der Waals surface area contributed by atoms with Gasteiger partial charge in [0.05, 0.1) is 17.8 Å². The maximum Gasteiger partial charge on any atom is 0.309 e. The Morgan fingerprint density at radius 3 is 2.89 bits per heavy atom. The van der Waals surface area contributed by atoms with Gasteiger partial charge in [-0.15, -0.1) is 0 Å². The monoisotopic (exact) mass is 542 g/mol. The average Bonchev–Trinajstić information content (AvgIpc) is 3.49. The third-order valence-corrected chi connectivity index (χ3v) is 9.04. The minimum Gasteiger partial charge on any atom is -0.458 e. The Morgan fingerprint density at radius 1 is 1.21 bits per heavy atom. The second-order valence-corrected chi connectivity index (χ2v) is 11.7. The molecule has 38 heavy (non-hydrogen) atoms. The van der Waals surface area contributed by atoms with Crippen LogP contribution in [-0.2, 0) is 17.7 Å². The fraction of sp³-hybridized carbons (Fsp3) is 0.536. The molecule has 3 aromatic rings. The third-order valence-electron chi connectivity index (χ3n) is 7.99. The molecule has 6 rings (SSSR count). The highest BCUT2D eigenvalue weighted by atomic mass is 32.1. The van der Waals surface area contributed by atoms with Crippen LogP contribution in [0.3, 0.4) is 0 Å². The first-order chi connectivity index (χ1) is 18.4. The van der Waals surface area contributed by atoms with Crippen LogP contribution in [0.1, 0.15) is 53.0 Å². The zero-order chi connectivity index (χ0) is 26.1. The SMILES string of the molecule is O=C(NC1CCC(CCN2CCc3sc(OC4COCC4(F)F)nc3C2)CC1)c1cccc2ncccc12.